The Balaban J connectivity index is 3.14. The van der Waals surface area contributed by atoms with Crippen molar-refractivity contribution in [3.8, 4) is 0 Å². The van der Waals surface area contributed by atoms with Gasteiger partial charge in [-0.05, 0) is 34.7 Å². The fourth-order valence-corrected chi connectivity index (χ4v) is 1.31. The number of halogens is 4. The van der Waals surface area contributed by atoms with E-state index in [1.807, 2.05) is 22.6 Å². The predicted molar refractivity (Wildman–Crippen MR) is 49.8 cm³/mol. The summed E-state index contributed by atoms with van der Waals surface area (Å²) in [6.07, 6.45) is -4.39. The number of nitrogens with two attached hydrogens (primary N) is 1. The third-order valence-corrected chi connectivity index (χ3v) is 2.38. The Morgan fingerprint density at radius 1 is 1.38 bits per heavy atom. The molecule has 1 aromatic rings. The summed E-state index contributed by atoms with van der Waals surface area (Å²) in [5.41, 5.74) is 4.61. The van der Waals surface area contributed by atoms with Gasteiger partial charge in [-0.2, -0.15) is 13.2 Å². The lowest BCUT2D eigenvalue weighted by Crippen LogP contribution is -2.12. The smallest absolute Gasteiger partial charge is 0.325 e. The number of alkyl halides is 3. The average molecular weight is 302 g/mol. The minimum Gasteiger partial charge on any atom is -0.325 e. The van der Waals surface area contributed by atoms with Crippen LogP contribution in [0.25, 0.3) is 0 Å². The van der Waals surface area contributed by atoms with Gasteiger partial charge in [0.25, 0.3) is 0 Å². The topological polar surface area (TPSA) is 38.9 Å². The lowest BCUT2D eigenvalue weighted by atomic mass is 10.3. The predicted octanol–water partition coefficient (Wildman–Crippen LogP) is 2.16. The first-order chi connectivity index (χ1) is 5.95. The van der Waals surface area contributed by atoms with Crippen molar-refractivity contribution in [3.63, 3.8) is 0 Å². The zero-order chi connectivity index (χ0) is 10.1. The summed E-state index contributed by atoms with van der Waals surface area (Å²) in [6, 6.07) is 2.31. The summed E-state index contributed by atoms with van der Waals surface area (Å²) in [5, 5.41) is 0. The van der Waals surface area contributed by atoms with Crippen LogP contribution in [0.15, 0.2) is 12.1 Å². The van der Waals surface area contributed by atoms with E-state index in [0.29, 0.717) is 3.57 Å². The van der Waals surface area contributed by atoms with Crippen LogP contribution in [0.4, 0.5) is 13.2 Å². The van der Waals surface area contributed by atoms with Crippen LogP contribution in [0.3, 0.4) is 0 Å². The molecular weight excluding hydrogens is 296 g/mol. The number of rotatable bonds is 1. The highest BCUT2D eigenvalue weighted by atomic mass is 127. The van der Waals surface area contributed by atoms with Crippen molar-refractivity contribution in [1.82, 2.24) is 4.98 Å². The van der Waals surface area contributed by atoms with Crippen LogP contribution in [0.5, 0.6) is 0 Å². The van der Waals surface area contributed by atoms with Crippen LogP contribution in [0, 0.1) is 3.57 Å². The molecule has 0 aromatic carbocycles. The molecule has 1 aromatic heterocycles. The summed E-state index contributed by atoms with van der Waals surface area (Å²) in [5.74, 6) is 0. The van der Waals surface area contributed by atoms with Gasteiger partial charge in [0.2, 0.25) is 0 Å². The van der Waals surface area contributed by atoms with Crippen molar-refractivity contribution < 1.29 is 13.2 Å². The maximum absolute atomic E-state index is 12.1. The van der Waals surface area contributed by atoms with E-state index in [9.17, 15) is 13.2 Å². The summed E-state index contributed by atoms with van der Waals surface area (Å²) in [7, 11) is 0. The molecule has 2 nitrogen and oxygen atoms in total. The highest BCUT2D eigenvalue weighted by Gasteiger charge is 2.32. The molecule has 0 aliphatic carbocycles. The molecule has 0 bridgehead atoms. The first-order valence-corrected chi connectivity index (χ1v) is 4.45. The minimum atomic E-state index is -4.39. The molecule has 0 saturated heterocycles. The molecule has 13 heavy (non-hydrogen) atoms. The van der Waals surface area contributed by atoms with Crippen LogP contribution in [-0.2, 0) is 12.7 Å². The van der Waals surface area contributed by atoms with E-state index in [2.05, 4.69) is 4.98 Å². The van der Waals surface area contributed by atoms with Gasteiger partial charge in [0.1, 0.15) is 5.69 Å². The third kappa shape index (κ3) is 2.53. The molecule has 0 radical (unpaired) electrons. The van der Waals surface area contributed by atoms with Crippen molar-refractivity contribution in [1.29, 1.82) is 0 Å². The second-order valence-electron chi connectivity index (χ2n) is 2.33. The molecule has 0 aliphatic rings. The van der Waals surface area contributed by atoms with E-state index in [4.69, 9.17) is 5.73 Å². The van der Waals surface area contributed by atoms with Gasteiger partial charge in [-0.1, -0.05) is 0 Å². The Bertz CT molecular complexity index is 311. The van der Waals surface area contributed by atoms with Gasteiger partial charge < -0.3 is 5.73 Å². The highest BCUT2D eigenvalue weighted by Crippen LogP contribution is 2.28. The Morgan fingerprint density at radius 3 is 2.46 bits per heavy atom. The molecular formula is C7H6F3IN2. The maximum Gasteiger partial charge on any atom is 0.433 e. The number of aromatic nitrogens is 1. The molecule has 0 atom stereocenters. The molecule has 0 aliphatic heterocycles. The monoisotopic (exact) mass is 302 g/mol. The summed E-state index contributed by atoms with van der Waals surface area (Å²) in [6.45, 7) is 0.0161. The lowest BCUT2D eigenvalue weighted by molar-refractivity contribution is -0.141. The molecule has 0 spiro atoms. The Labute approximate surface area is 86.5 Å². The zero-order valence-electron chi connectivity index (χ0n) is 6.40. The first-order valence-electron chi connectivity index (χ1n) is 3.38. The summed E-state index contributed by atoms with van der Waals surface area (Å²) < 4.78 is 37.0. The normalized spacial score (nSPS) is 11.8. The second kappa shape index (κ2) is 3.79. The Morgan fingerprint density at radius 2 is 2.00 bits per heavy atom. The van der Waals surface area contributed by atoms with Gasteiger partial charge in [0, 0.05) is 10.1 Å². The van der Waals surface area contributed by atoms with E-state index in [-0.39, 0.29) is 12.2 Å². The molecule has 0 amide bonds. The quantitative estimate of drug-likeness (QED) is 0.808. The van der Waals surface area contributed by atoms with E-state index in [1.165, 1.54) is 6.07 Å². The number of hydrogen-bond donors (Lipinski definition) is 1. The fraction of sp³-hybridized carbons (Fsp3) is 0.286. The van der Waals surface area contributed by atoms with Crippen molar-refractivity contribution >= 4 is 22.6 Å². The van der Waals surface area contributed by atoms with Crippen LogP contribution < -0.4 is 5.73 Å². The first kappa shape index (κ1) is 10.7. The van der Waals surface area contributed by atoms with Gasteiger partial charge in [-0.15, -0.1) is 0 Å². The maximum atomic E-state index is 12.1. The zero-order valence-corrected chi connectivity index (χ0v) is 8.56. The minimum absolute atomic E-state index is 0.0161. The number of pyridine rings is 1. The van der Waals surface area contributed by atoms with Crippen LogP contribution in [0.1, 0.15) is 11.4 Å². The summed E-state index contributed by atoms with van der Waals surface area (Å²) >= 11 is 1.90. The van der Waals surface area contributed by atoms with E-state index < -0.39 is 11.9 Å². The Hall–Kier alpha value is -0.370. The summed E-state index contributed by atoms with van der Waals surface area (Å²) in [4.78, 5) is 3.40. The van der Waals surface area contributed by atoms with Crippen molar-refractivity contribution in [2.75, 3.05) is 0 Å². The number of hydrogen-bond acceptors (Lipinski definition) is 2. The molecule has 0 saturated carbocycles. The molecule has 1 rings (SSSR count). The standard InChI is InChI=1S/C7H6F3IN2/c8-7(9,10)6-2-1-4(11)5(3-12)13-6/h1-2H,3,12H2. The van der Waals surface area contributed by atoms with Crippen LogP contribution >= 0.6 is 22.6 Å². The van der Waals surface area contributed by atoms with Gasteiger partial charge in [0.15, 0.2) is 0 Å². The second-order valence-corrected chi connectivity index (χ2v) is 3.49. The van der Waals surface area contributed by atoms with Crippen molar-refractivity contribution in [3.05, 3.63) is 27.1 Å². The molecule has 0 fully saturated rings. The third-order valence-electron chi connectivity index (χ3n) is 1.40. The molecule has 1 heterocycles. The van der Waals surface area contributed by atoms with E-state index >= 15 is 0 Å². The van der Waals surface area contributed by atoms with Crippen LogP contribution in [0.2, 0.25) is 0 Å². The largest absolute Gasteiger partial charge is 0.433 e. The molecule has 0 unspecified atom stereocenters. The van der Waals surface area contributed by atoms with Gasteiger partial charge in [-0.3, -0.25) is 0 Å². The molecule has 2 N–H and O–H groups in total. The van der Waals surface area contributed by atoms with Gasteiger partial charge >= 0.3 is 6.18 Å². The van der Waals surface area contributed by atoms with E-state index in [1.54, 1.807) is 0 Å². The highest BCUT2D eigenvalue weighted by molar-refractivity contribution is 14.1. The SMILES string of the molecule is NCc1nc(C(F)(F)F)ccc1I. The average Bonchev–Trinajstić information content (AvgIpc) is 2.03. The Kier molecular flexibility index (Phi) is 3.12. The number of nitrogens with zero attached hydrogens (tertiary/aromatic N) is 1. The van der Waals surface area contributed by atoms with E-state index in [0.717, 1.165) is 6.07 Å². The lowest BCUT2D eigenvalue weighted by Gasteiger charge is -2.07. The van der Waals surface area contributed by atoms with Crippen LogP contribution in [-0.4, -0.2) is 4.98 Å². The van der Waals surface area contributed by atoms with Gasteiger partial charge in [0.05, 0.1) is 5.69 Å². The molecule has 6 heteroatoms. The van der Waals surface area contributed by atoms with Crippen molar-refractivity contribution in [2.24, 2.45) is 5.73 Å². The molecule has 72 valence electrons. The van der Waals surface area contributed by atoms with Gasteiger partial charge in [-0.25, -0.2) is 4.98 Å². The fourth-order valence-electron chi connectivity index (χ4n) is 0.785. The van der Waals surface area contributed by atoms with Crippen molar-refractivity contribution in [2.45, 2.75) is 12.7 Å².